The lowest BCUT2D eigenvalue weighted by Crippen LogP contribution is -2.27. The zero-order valence-electron chi connectivity index (χ0n) is 11.5. The molecule has 0 unspecified atom stereocenters. The molecule has 1 aromatic rings. The molecule has 2 N–H and O–H groups in total. The molecule has 0 aromatic heterocycles. The van der Waals surface area contributed by atoms with E-state index in [2.05, 4.69) is 5.32 Å². The van der Waals surface area contributed by atoms with E-state index in [1.165, 1.54) is 30.0 Å². The Morgan fingerprint density at radius 1 is 1.30 bits per heavy atom. The highest BCUT2D eigenvalue weighted by Gasteiger charge is 2.13. The average molecular weight is 280 g/mol. The maximum absolute atomic E-state index is 11.5. The summed E-state index contributed by atoms with van der Waals surface area (Å²) >= 11 is 0. The third-order valence-electron chi connectivity index (χ3n) is 2.39. The fraction of sp³-hybridized carbons (Fsp3) is 0.308. The van der Waals surface area contributed by atoms with Crippen LogP contribution in [0.2, 0.25) is 0 Å². The van der Waals surface area contributed by atoms with Crippen molar-refractivity contribution in [1.82, 2.24) is 4.90 Å². The molecule has 0 heterocycles. The minimum absolute atomic E-state index is 0.00593. The van der Waals surface area contributed by atoms with Gasteiger partial charge in [0, 0.05) is 21.0 Å². The van der Waals surface area contributed by atoms with E-state index in [1.807, 2.05) is 0 Å². The number of nitrogens with zero attached hydrogens (tertiary/aromatic N) is 1. The normalized spacial score (nSPS) is 9.75. The Balaban J connectivity index is 2.98. The third kappa shape index (κ3) is 4.27. The molecular weight excluding hydrogens is 264 g/mol. The molecule has 1 rings (SSSR count). The van der Waals surface area contributed by atoms with E-state index in [4.69, 9.17) is 9.84 Å². The molecule has 108 valence electrons. The number of rotatable bonds is 5. The maximum Gasteiger partial charge on any atom is 0.335 e. The number of carboxylic acids is 1. The quantitative estimate of drug-likeness (QED) is 0.832. The van der Waals surface area contributed by atoms with Crippen LogP contribution < -0.4 is 10.1 Å². The van der Waals surface area contributed by atoms with Gasteiger partial charge in [0.1, 0.15) is 5.75 Å². The van der Waals surface area contributed by atoms with E-state index < -0.39 is 5.97 Å². The molecule has 20 heavy (non-hydrogen) atoms. The SMILES string of the molecule is CC(=O)Nc1ccc(C(=O)O)cc1OCC(=O)N(C)C. The number of anilines is 1. The number of hydrogen-bond acceptors (Lipinski definition) is 4. The predicted molar refractivity (Wildman–Crippen MR) is 71.9 cm³/mol. The first-order valence-electron chi connectivity index (χ1n) is 5.79. The maximum atomic E-state index is 11.5. The minimum Gasteiger partial charge on any atom is -0.482 e. The number of likely N-dealkylation sites (N-methyl/N-ethyl adjacent to an activating group) is 1. The van der Waals surface area contributed by atoms with Crippen molar-refractivity contribution in [2.75, 3.05) is 26.0 Å². The summed E-state index contributed by atoms with van der Waals surface area (Å²) in [5, 5.41) is 11.4. The van der Waals surface area contributed by atoms with Crippen LogP contribution in [-0.4, -0.2) is 48.5 Å². The molecule has 0 aliphatic carbocycles. The molecule has 1 aromatic carbocycles. The first kappa shape index (κ1) is 15.5. The van der Waals surface area contributed by atoms with Crippen molar-refractivity contribution in [2.45, 2.75) is 6.92 Å². The molecule has 0 saturated heterocycles. The summed E-state index contributed by atoms with van der Waals surface area (Å²) in [5.41, 5.74) is 0.320. The number of carbonyl (C=O) groups is 3. The lowest BCUT2D eigenvalue weighted by atomic mass is 10.2. The minimum atomic E-state index is -1.12. The van der Waals surface area contributed by atoms with Crippen molar-refractivity contribution in [3.05, 3.63) is 23.8 Å². The molecule has 0 saturated carbocycles. The molecule has 0 aliphatic heterocycles. The van der Waals surface area contributed by atoms with E-state index in [0.717, 1.165) is 0 Å². The average Bonchev–Trinajstić information content (AvgIpc) is 2.35. The van der Waals surface area contributed by atoms with Gasteiger partial charge in [0.15, 0.2) is 6.61 Å². The Morgan fingerprint density at radius 3 is 2.45 bits per heavy atom. The highest BCUT2D eigenvalue weighted by Crippen LogP contribution is 2.26. The van der Waals surface area contributed by atoms with Gasteiger partial charge in [-0.05, 0) is 18.2 Å². The van der Waals surface area contributed by atoms with Crippen LogP contribution in [0.3, 0.4) is 0 Å². The van der Waals surface area contributed by atoms with Crippen LogP contribution in [0.1, 0.15) is 17.3 Å². The number of nitrogens with one attached hydrogen (secondary N) is 1. The van der Waals surface area contributed by atoms with Gasteiger partial charge in [-0.1, -0.05) is 0 Å². The van der Waals surface area contributed by atoms with Crippen LogP contribution >= 0.6 is 0 Å². The number of ether oxygens (including phenoxy) is 1. The Kier molecular flexibility index (Phi) is 5.08. The first-order chi connectivity index (χ1) is 9.31. The first-order valence-corrected chi connectivity index (χ1v) is 5.79. The monoisotopic (exact) mass is 280 g/mol. The van der Waals surface area contributed by atoms with Gasteiger partial charge in [-0.25, -0.2) is 4.79 Å². The van der Waals surface area contributed by atoms with Crippen LogP contribution in [0.25, 0.3) is 0 Å². The predicted octanol–water partition coefficient (Wildman–Crippen LogP) is 0.810. The Morgan fingerprint density at radius 2 is 1.95 bits per heavy atom. The van der Waals surface area contributed by atoms with Gasteiger partial charge >= 0.3 is 5.97 Å². The largest absolute Gasteiger partial charge is 0.482 e. The molecule has 7 heteroatoms. The Labute approximate surface area is 116 Å². The van der Waals surface area contributed by atoms with Crippen molar-refractivity contribution < 1.29 is 24.2 Å². The van der Waals surface area contributed by atoms with Gasteiger partial charge in [0.05, 0.1) is 11.3 Å². The van der Waals surface area contributed by atoms with Gasteiger partial charge < -0.3 is 20.1 Å². The summed E-state index contributed by atoms with van der Waals surface area (Å²) in [7, 11) is 3.15. The summed E-state index contributed by atoms with van der Waals surface area (Å²) in [6.45, 7) is 1.07. The second-order valence-electron chi connectivity index (χ2n) is 4.27. The molecule has 0 atom stereocenters. The van der Waals surface area contributed by atoms with E-state index in [9.17, 15) is 14.4 Å². The van der Waals surface area contributed by atoms with Crippen molar-refractivity contribution >= 4 is 23.5 Å². The fourth-order valence-corrected chi connectivity index (χ4v) is 1.34. The molecule has 2 amide bonds. The van der Waals surface area contributed by atoms with Gasteiger partial charge in [0.25, 0.3) is 5.91 Å². The molecular formula is C13H16N2O5. The van der Waals surface area contributed by atoms with Crippen LogP contribution in [0.5, 0.6) is 5.75 Å². The van der Waals surface area contributed by atoms with Gasteiger partial charge in [-0.2, -0.15) is 0 Å². The zero-order chi connectivity index (χ0) is 15.3. The number of carboxylic acid groups (broad SMARTS) is 1. The van der Waals surface area contributed by atoms with Crippen LogP contribution in [0.15, 0.2) is 18.2 Å². The second kappa shape index (κ2) is 6.55. The second-order valence-corrected chi connectivity index (χ2v) is 4.27. The van der Waals surface area contributed by atoms with E-state index >= 15 is 0 Å². The van der Waals surface area contributed by atoms with Crippen molar-refractivity contribution in [1.29, 1.82) is 0 Å². The Bertz CT molecular complexity index is 540. The number of benzene rings is 1. The molecule has 0 bridgehead atoms. The lowest BCUT2D eigenvalue weighted by molar-refractivity contribution is -0.130. The van der Waals surface area contributed by atoms with Crippen molar-refractivity contribution in [3.8, 4) is 5.75 Å². The van der Waals surface area contributed by atoms with E-state index in [-0.39, 0.29) is 29.7 Å². The molecule has 0 spiro atoms. The Hall–Kier alpha value is -2.57. The third-order valence-corrected chi connectivity index (χ3v) is 2.39. The number of amides is 2. The summed E-state index contributed by atoms with van der Waals surface area (Å²) in [6.07, 6.45) is 0. The van der Waals surface area contributed by atoms with Gasteiger partial charge in [-0.3, -0.25) is 9.59 Å². The van der Waals surface area contributed by atoms with Crippen LogP contribution in [0, 0.1) is 0 Å². The number of hydrogen-bond donors (Lipinski definition) is 2. The van der Waals surface area contributed by atoms with Crippen molar-refractivity contribution in [2.24, 2.45) is 0 Å². The standard InChI is InChI=1S/C13H16N2O5/c1-8(16)14-10-5-4-9(13(18)19)6-11(10)20-7-12(17)15(2)3/h4-6H,7H2,1-3H3,(H,14,16)(H,18,19). The number of aromatic carboxylic acids is 1. The van der Waals surface area contributed by atoms with Gasteiger partial charge in [0.2, 0.25) is 5.91 Å². The topological polar surface area (TPSA) is 95.9 Å². The molecule has 0 radical (unpaired) electrons. The summed E-state index contributed by atoms with van der Waals surface area (Å²) in [4.78, 5) is 34.8. The molecule has 0 fully saturated rings. The highest BCUT2D eigenvalue weighted by molar-refractivity contribution is 5.93. The van der Waals surface area contributed by atoms with E-state index in [0.29, 0.717) is 5.69 Å². The zero-order valence-corrected chi connectivity index (χ0v) is 11.5. The number of carbonyl (C=O) groups excluding carboxylic acids is 2. The van der Waals surface area contributed by atoms with Gasteiger partial charge in [-0.15, -0.1) is 0 Å². The summed E-state index contributed by atoms with van der Waals surface area (Å²) in [5.74, 6) is -1.59. The lowest BCUT2D eigenvalue weighted by Gasteiger charge is -2.14. The van der Waals surface area contributed by atoms with Crippen LogP contribution in [-0.2, 0) is 9.59 Å². The highest BCUT2D eigenvalue weighted by atomic mass is 16.5. The molecule has 7 nitrogen and oxygen atoms in total. The van der Waals surface area contributed by atoms with Crippen LogP contribution in [0.4, 0.5) is 5.69 Å². The molecule has 0 aliphatic rings. The summed E-state index contributed by atoms with van der Waals surface area (Å²) in [6, 6.07) is 4.02. The fourth-order valence-electron chi connectivity index (χ4n) is 1.34. The smallest absolute Gasteiger partial charge is 0.335 e. The van der Waals surface area contributed by atoms with Crippen molar-refractivity contribution in [3.63, 3.8) is 0 Å². The van der Waals surface area contributed by atoms with E-state index in [1.54, 1.807) is 14.1 Å². The summed E-state index contributed by atoms with van der Waals surface area (Å²) < 4.78 is 5.28.